The molecule has 0 amide bonds. The number of anilines is 1. The highest BCUT2D eigenvalue weighted by Gasteiger charge is 2.38. The van der Waals surface area contributed by atoms with Gasteiger partial charge in [-0.3, -0.25) is 0 Å². The fourth-order valence-electron chi connectivity index (χ4n) is 2.16. The zero-order valence-electron chi connectivity index (χ0n) is 11.7. The molecule has 1 fully saturated rings. The first-order chi connectivity index (χ1) is 10.7. The minimum atomic E-state index is -4.64. The van der Waals surface area contributed by atoms with Gasteiger partial charge in [0.2, 0.25) is 17.5 Å². The third kappa shape index (κ3) is 3.08. The Hall–Kier alpha value is -2.33. The van der Waals surface area contributed by atoms with Crippen molar-refractivity contribution in [3.05, 3.63) is 29.3 Å². The van der Waals surface area contributed by atoms with Gasteiger partial charge in [-0.1, -0.05) is 5.16 Å². The number of hydrogen-bond acceptors (Lipinski definition) is 6. The van der Waals surface area contributed by atoms with Gasteiger partial charge < -0.3 is 9.42 Å². The molecule has 124 valence electrons. The van der Waals surface area contributed by atoms with E-state index in [1.165, 1.54) is 13.0 Å². The lowest BCUT2D eigenvalue weighted by Gasteiger charge is -2.38. The molecule has 0 radical (unpaired) electrons. The summed E-state index contributed by atoms with van der Waals surface area (Å²) in [4.78, 5) is 12.0. The number of aryl methyl sites for hydroxylation is 1. The van der Waals surface area contributed by atoms with Crippen LogP contribution in [0.3, 0.4) is 0 Å². The van der Waals surface area contributed by atoms with Crippen molar-refractivity contribution in [3.63, 3.8) is 0 Å². The Balaban J connectivity index is 1.72. The Bertz CT molecular complexity index is 710. The summed E-state index contributed by atoms with van der Waals surface area (Å²) in [6, 6.07) is 1.42. The molecule has 11 heteroatoms. The van der Waals surface area contributed by atoms with Gasteiger partial charge in [-0.25, -0.2) is 18.7 Å². The summed E-state index contributed by atoms with van der Waals surface area (Å²) in [6.07, 6.45) is -7.47. The monoisotopic (exact) mass is 335 g/mol. The topological polar surface area (TPSA) is 67.9 Å². The average molecular weight is 335 g/mol. The molecule has 2 aromatic rings. The van der Waals surface area contributed by atoms with Crippen molar-refractivity contribution in [1.29, 1.82) is 0 Å². The zero-order chi connectivity index (χ0) is 16.8. The van der Waals surface area contributed by atoms with E-state index in [1.807, 2.05) is 0 Å². The fraction of sp³-hybridized carbons (Fsp3) is 0.500. The van der Waals surface area contributed by atoms with Crippen LogP contribution in [0.25, 0.3) is 0 Å². The molecular weight excluding hydrogens is 325 g/mol. The normalized spacial score (nSPS) is 16.0. The molecule has 1 aliphatic heterocycles. The molecule has 1 saturated heterocycles. The Morgan fingerprint density at radius 1 is 1.22 bits per heavy atom. The van der Waals surface area contributed by atoms with Crippen LogP contribution in [0.2, 0.25) is 0 Å². The van der Waals surface area contributed by atoms with Crippen molar-refractivity contribution in [3.8, 4) is 0 Å². The highest BCUT2D eigenvalue weighted by Crippen LogP contribution is 2.33. The number of halogens is 5. The number of nitrogens with zero attached hydrogens (tertiary/aromatic N) is 5. The van der Waals surface area contributed by atoms with Crippen LogP contribution in [0.4, 0.5) is 27.8 Å². The van der Waals surface area contributed by atoms with Crippen LogP contribution in [-0.2, 0) is 6.18 Å². The third-order valence-electron chi connectivity index (χ3n) is 3.30. The standard InChI is InChI=1S/C12H10F5N5O/c1-5-2-7(19-11(18-5)12(15,16)17)22-3-6(4-22)10-20-9(8(13)14)21-23-10/h2,6,8H,3-4H2,1H3. The average Bonchev–Trinajstić information content (AvgIpc) is 2.85. The van der Waals surface area contributed by atoms with Gasteiger partial charge in [0.05, 0.1) is 5.92 Å². The summed E-state index contributed by atoms with van der Waals surface area (Å²) in [6.45, 7) is 1.93. The van der Waals surface area contributed by atoms with Gasteiger partial charge in [0.15, 0.2) is 0 Å². The van der Waals surface area contributed by atoms with Gasteiger partial charge >= 0.3 is 12.6 Å². The molecule has 0 spiro atoms. The maximum Gasteiger partial charge on any atom is 0.451 e. The van der Waals surface area contributed by atoms with Gasteiger partial charge in [-0.15, -0.1) is 0 Å². The van der Waals surface area contributed by atoms with E-state index in [9.17, 15) is 22.0 Å². The Labute approximate surface area is 126 Å². The second kappa shape index (κ2) is 5.39. The van der Waals surface area contributed by atoms with Gasteiger partial charge in [0.1, 0.15) is 5.82 Å². The van der Waals surface area contributed by atoms with E-state index in [1.54, 1.807) is 4.90 Å². The lowest BCUT2D eigenvalue weighted by molar-refractivity contribution is -0.145. The number of alkyl halides is 5. The van der Waals surface area contributed by atoms with Crippen LogP contribution in [0.5, 0.6) is 0 Å². The first-order valence-corrected chi connectivity index (χ1v) is 6.53. The molecule has 0 unspecified atom stereocenters. The first kappa shape index (κ1) is 15.6. The summed E-state index contributed by atoms with van der Waals surface area (Å²) in [5, 5.41) is 3.15. The van der Waals surface area contributed by atoms with Crippen molar-refractivity contribution >= 4 is 5.82 Å². The predicted octanol–water partition coefficient (Wildman–Crippen LogP) is 2.73. The summed E-state index contributed by atoms with van der Waals surface area (Å²) in [7, 11) is 0. The van der Waals surface area contributed by atoms with E-state index < -0.39 is 24.3 Å². The van der Waals surface area contributed by atoms with Crippen LogP contribution < -0.4 is 4.90 Å². The zero-order valence-corrected chi connectivity index (χ0v) is 11.7. The lowest BCUT2D eigenvalue weighted by atomic mass is 10.0. The van der Waals surface area contributed by atoms with Crippen molar-refractivity contribution in [1.82, 2.24) is 20.1 Å². The minimum Gasteiger partial charge on any atom is -0.355 e. The van der Waals surface area contributed by atoms with Crippen molar-refractivity contribution in [2.24, 2.45) is 0 Å². The Morgan fingerprint density at radius 3 is 2.48 bits per heavy atom. The molecule has 0 saturated carbocycles. The maximum atomic E-state index is 12.7. The second-order valence-corrected chi connectivity index (χ2v) is 5.08. The molecule has 0 aromatic carbocycles. The minimum absolute atomic E-state index is 0.0402. The van der Waals surface area contributed by atoms with Crippen LogP contribution >= 0.6 is 0 Å². The van der Waals surface area contributed by atoms with E-state index in [2.05, 4.69) is 20.1 Å². The highest BCUT2D eigenvalue weighted by atomic mass is 19.4. The number of hydrogen-bond donors (Lipinski definition) is 0. The number of aromatic nitrogens is 4. The quantitative estimate of drug-likeness (QED) is 0.804. The van der Waals surface area contributed by atoms with Gasteiger partial charge in [-0.05, 0) is 6.92 Å². The van der Waals surface area contributed by atoms with Crippen LogP contribution in [0, 0.1) is 6.92 Å². The van der Waals surface area contributed by atoms with E-state index in [0.29, 0.717) is 0 Å². The maximum absolute atomic E-state index is 12.7. The summed E-state index contributed by atoms with van der Waals surface area (Å²) in [5.41, 5.74) is 0.184. The molecule has 2 aromatic heterocycles. The molecule has 6 nitrogen and oxygen atoms in total. The van der Waals surface area contributed by atoms with Crippen LogP contribution in [0.1, 0.15) is 35.6 Å². The SMILES string of the molecule is Cc1cc(N2CC(c3nc(C(F)F)no3)C2)nc(C(F)(F)F)n1. The van der Waals surface area contributed by atoms with E-state index in [0.717, 1.165) is 0 Å². The molecule has 0 bridgehead atoms. The highest BCUT2D eigenvalue weighted by molar-refractivity contribution is 5.44. The summed E-state index contributed by atoms with van der Waals surface area (Å²) < 4.78 is 67.6. The second-order valence-electron chi connectivity index (χ2n) is 5.08. The van der Waals surface area contributed by atoms with E-state index >= 15 is 0 Å². The van der Waals surface area contributed by atoms with Crippen molar-refractivity contribution < 1.29 is 26.5 Å². The molecule has 0 atom stereocenters. The fourth-order valence-corrected chi connectivity index (χ4v) is 2.16. The predicted molar refractivity (Wildman–Crippen MR) is 66.0 cm³/mol. The first-order valence-electron chi connectivity index (χ1n) is 6.53. The molecular formula is C12H10F5N5O. The number of rotatable bonds is 3. The lowest BCUT2D eigenvalue weighted by Crippen LogP contribution is -2.46. The van der Waals surface area contributed by atoms with Gasteiger partial charge in [0, 0.05) is 24.8 Å². The van der Waals surface area contributed by atoms with E-state index in [-0.39, 0.29) is 36.4 Å². The molecule has 0 aliphatic carbocycles. The Kier molecular flexibility index (Phi) is 3.65. The largest absolute Gasteiger partial charge is 0.451 e. The van der Waals surface area contributed by atoms with Crippen molar-refractivity contribution in [2.75, 3.05) is 18.0 Å². The van der Waals surface area contributed by atoms with Gasteiger partial charge in [-0.2, -0.15) is 18.2 Å². The molecule has 23 heavy (non-hydrogen) atoms. The third-order valence-corrected chi connectivity index (χ3v) is 3.30. The molecule has 3 rings (SSSR count). The molecule has 0 N–H and O–H groups in total. The Morgan fingerprint density at radius 2 is 1.91 bits per heavy atom. The smallest absolute Gasteiger partial charge is 0.355 e. The van der Waals surface area contributed by atoms with Gasteiger partial charge in [0.25, 0.3) is 0 Å². The van der Waals surface area contributed by atoms with Crippen LogP contribution in [0.15, 0.2) is 10.6 Å². The summed E-state index contributed by atoms with van der Waals surface area (Å²) >= 11 is 0. The van der Waals surface area contributed by atoms with Crippen molar-refractivity contribution in [2.45, 2.75) is 25.4 Å². The summed E-state index contributed by atoms with van der Waals surface area (Å²) in [5.74, 6) is -2.07. The van der Waals surface area contributed by atoms with Crippen LogP contribution in [-0.4, -0.2) is 33.2 Å². The van der Waals surface area contributed by atoms with E-state index in [4.69, 9.17) is 4.52 Å². The molecule has 1 aliphatic rings. The molecule has 3 heterocycles.